The van der Waals surface area contributed by atoms with Gasteiger partial charge in [-0.2, -0.15) is 0 Å². The zero-order chi connectivity index (χ0) is 14.8. The van der Waals surface area contributed by atoms with Gasteiger partial charge in [0.15, 0.2) is 0 Å². The van der Waals surface area contributed by atoms with Gasteiger partial charge in [-0.15, -0.1) is 0 Å². The quantitative estimate of drug-likeness (QED) is 0.914. The maximum Gasteiger partial charge on any atom is 0.130 e. The molecular formula is C15H22F2N2O. The summed E-state index contributed by atoms with van der Waals surface area (Å²) >= 11 is 0. The van der Waals surface area contributed by atoms with E-state index in [-0.39, 0.29) is 5.56 Å². The van der Waals surface area contributed by atoms with Gasteiger partial charge >= 0.3 is 0 Å². The molecule has 3 nitrogen and oxygen atoms in total. The van der Waals surface area contributed by atoms with Gasteiger partial charge < -0.3 is 5.11 Å². The number of aliphatic hydroxyl groups is 1. The Balaban J connectivity index is 1.89. The molecule has 0 spiro atoms. The third kappa shape index (κ3) is 4.23. The van der Waals surface area contributed by atoms with Crippen molar-refractivity contribution < 1.29 is 13.9 Å². The molecule has 0 aliphatic carbocycles. The van der Waals surface area contributed by atoms with Crippen LogP contribution in [-0.2, 0) is 6.54 Å². The van der Waals surface area contributed by atoms with Crippen LogP contribution in [0.2, 0.25) is 0 Å². The average Bonchev–Trinajstić information content (AvgIpc) is 2.34. The van der Waals surface area contributed by atoms with Crippen LogP contribution in [0.25, 0.3) is 0 Å². The van der Waals surface area contributed by atoms with Gasteiger partial charge in [0.25, 0.3) is 0 Å². The van der Waals surface area contributed by atoms with Crippen molar-refractivity contribution in [3.8, 4) is 0 Å². The van der Waals surface area contributed by atoms with Crippen LogP contribution in [-0.4, -0.2) is 53.2 Å². The molecule has 1 heterocycles. The SMILES string of the molecule is CC(C)(O)CN1CCN(Cc2c(F)cccc2F)CC1. The first-order valence-corrected chi connectivity index (χ1v) is 6.95. The summed E-state index contributed by atoms with van der Waals surface area (Å²) in [6, 6.07) is 3.97. The van der Waals surface area contributed by atoms with Crippen LogP contribution >= 0.6 is 0 Å². The molecule has 112 valence electrons. The Bertz CT molecular complexity index is 431. The zero-order valence-electron chi connectivity index (χ0n) is 12.1. The molecule has 20 heavy (non-hydrogen) atoms. The molecule has 1 aromatic rings. The molecule has 0 unspecified atom stereocenters. The molecule has 0 atom stereocenters. The van der Waals surface area contributed by atoms with Crippen molar-refractivity contribution in [2.24, 2.45) is 0 Å². The van der Waals surface area contributed by atoms with E-state index in [1.807, 2.05) is 4.90 Å². The summed E-state index contributed by atoms with van der Waals surface area (Å²) in [7, 11) is 0. The van der Waals surface area contributed by atoms with Gasteiger partial charge in [-0.1, -0.05) is 6.07 Å². The standard InChI is InChI=1S/C15H22F2N2O/c1-15(2,20)11-19-8-6-18(7-9-19)10-12-13(16)4-3-5-14(12)17/h3-5,20H,6-11H2,1-2H3. The van der Waals surface area contributed by atoms with E-state index in [4.69, 9.17) is 0 Å². The minimum absolute atomic E-state index is 0.142. The Labute approximate surface area is 118 Å². The lowest BCUT2D eigenvalue weighted by Gasteiger charge is -2.37. The Morgan fingerprint density at radius 3 is 2.05 bits per heavy atom. The van der Waals surface area contributed by atoms with Crippen molar-refractivity contribution in [1.29, 1.82) is 0 Å². The summed E-state index contributed by atoms with van der Waals surface area (Å²) in [5.41, 5.74) is -0.566. The van der Waals surface area contributed by atoms with E-state index in [2.05, 4.69) is 4.90 Å². The van der Waals surface area contributed by atoms with Crippen LogP contribution in [0.15, 0.2) is 18.2 Å². The van der Waals surface area contributed by atoms with E-state index < -0.39 is 17.2 Å². The number of piperazine rings is 1. The first-order valence-electron chi connectivity index (χ1n) is 6.95. The monoisotopic (exact) mass is 284 g/mol. The van der Waals surface area contributed by atoms with E-state index in [1.165, 1.54) is 18.2 Å². The van der Waals surface area contributed by atoms with Crippen LogP contribution in [0.3, 0.4) is 0 Å². The Hall–Kier alpha value is -1.04. The van der Waals surface area contributed by atoms with Gasteiger partial charge in [0.1, 0.15) is 11.6 Å². The lowest BCUT2D eigenvalue weighted by molar-refractivity contribution is 0.0164. The van der Waals surface area contributed by atoms with Crippen LogP contribution < -0.4 is 0 Å². The minimum atomic E-state index is -0.709. The number of β-amino-alcohol motifs (C(OH)–C–C–N with tert-alkyl or cyclic N) is 1. The van der Waals surface area contributed by atoms with Crippen LogP contribution in [0, 0.1) is 11.6 Å². The summed E-state index contributed by atoms with van der Waals surface area (Å²) < 4.78 is 27.2. The third-order valence-corrected chi connectivity index (χ3v) is 3.52. The lowest BCUT2D eigenvalue weighted by Crippen LogP contribution is -2.50. The smallest absolute Gasteiger partial charge is 0.130 e. The molecular weight excluding hydrogens is 262 g/mol. The maximum absolute atomic E-state index is 13.6. The average molecular weight is 284 g/mol. The zero-order valence-corrected chi connectivity index (χ0v) is 12.1. The molecule has 0 aromatic heterocycles. The van der Waals surface area contributed by atoms with Gasteiger partial charge in [-0.3, -0.25) is 9.80 Å². The fourth-order valence-corrected chi connectivity index (χ4v) is 2.56. The van der Waals surface area contributed by atoms with Gasteiger partial charge in [0.2, 0.25) is 0 Å². The topological polar surface area (TPSA) is 26.7 Å². The molecule has 0 bridgehead atoms. The van der Waals surface area contributed by atoms with Crippen LogP contribution in [0.4, 0.5) is 8.78 Å². The Morgan fingerprint density at radius 2 is 1.55 bits per heavy atom. The highest BCUT2D eigenvalue weighted by Crippen LogP contribution is 2.16. The molecule has 1 N–H and O–H groups in total. The predicted molar refractivity (Wildman–Crippen MR) is 74.4 cm³/mol. The second-order valence-electron chi connectivity index (χ2n) is 6.06. The number of hydrogen-bond acceptors (Lipinski definition) is 3. The summed E-state index contributed by atoms with van der Waals surface area (Å²) in [6.07, 6.45) is 0. The molecule has 1 fully saturated rings. The van der Waals surface area contributed by atoms with Crippen molar-refractivity contribution in [2.75, 3.05) is 32.7 Å². The van der Waals surface area contributed by atoms with Crippen molar-refractivity contribution in [3.63, 3.8) is 0 Å². The van der Waals surface area contributed by atoms with E-state index in [0.29, 0.717) is 13.1 Å². The van der Waals surface area contributed by atoms with Crippen molar-refractivity contribution in [2.45, 2.75) is 26.0 Å². The predicted octanol–water partition coefficient (Wildman–Crippen LogP) is 1.85. The summed E-state index contributed by atoms with van der Waals surface area (Å²) in [6.45, 7) is 7.61. The molecule has 2 rings (SSSR count). The van der Waals surface area contributed by atoms with Crippen molar-refractivity contribution in [1.82, 2.24) is 9.80 Å². The van der Waals surface area contributed by atoms with Crippen molar-refractivity contribution >= 4 is 0 Å². The second-order valence-corrected chi connectivity index (χ2v) is 6.06. The molecule has 0 radical (unpaired) electrons. The van der Waals surface area contributed by atoms with Gasteiger partial charge in [0.05, 0.1) is 5.60 Å². The molecule has 1 aromatic carbocycles. The fraction of sp³-hybridized carbons (Fsp3) is 0.600. The first-order chi connectivity index (χ1) is 9.35. The second kappa shape index (κ2) is 6.16. The van der Waals surface area contributed by atoms with Crippen molar-refractivity contribution in [3.05, 3.63) is 35.4 Å². The van der Waals surface area contributed by atoms with Gasteiger partial charge in [0, 0.05) is 44.8 Å². The minimum Gasteiger partial charge on any atom is -0.389 e. The van der Waals surface area contributed by atoms with E-state index in [1.54, 1.807) is 13.8 Å². The summed E-state index contributed by atoms with van der Waals surface area (Å²) in [5.74, 6) is -0.965. The largest absolute Gasteiger partial charge is 0.389 e. The normalized spacial score (nSPS) is 18.4. The number of nitrogens with zero attached hydrogens (tertiary/aromatic N) is 2. The van der Waals surface area contributed by atoms with Crippen LogP contribution in [0.1, 0.15) is 19.4 Å². The number of rotatable bonds is 4. The highest BCUT2D eigenvalue weighted by atomic mass is 19.1. The molecule has 1 aliphatic rings. The molecule has 0 amide bonds. The van der Waals surface area contributed by atoms with E-state index >= 15 is 0 Å². The number of halogens is 2. The summed E-state index contributed by atoms with van der Waals surface area (Å²) in [5, 5.41) is 9.79. The first kappa shape index (κ1) is 15.4. The fourth-order valence-electron chi connectivity index (χ4n) is 2.56. The number of hydrogen-bond donors (Lipinski definition) is 1. The van der Waals surface area contributed by atoms with E-state index in [0.717, 1.165) is 26.2 Å². The molecule has 5 heteroatoms. The summed E-state index contributed by atoms with van der Waals surface area (Å²) in [4.78, 5) is 4.22. The maximum atomic E-state index is 13.6. The highest BCUT2D eigenvalue weighted by Gasteiger charge is 2.23. The lowest BCUT2D eigenvalue weighted by atomic mass is 10.1. The van der Waals surface area contributed by atoms with E-state index in [9.17, 15) is 13.9 Å². The Morgan fingerprint density at radius 1 is 1.05 bits per heavy atom. The molecule has 1 saturated heterocycles. The molecule has 1 aliphatic heterocycles. The van der Waals surface area contributed by atoms with Gasteiger partial charge in [-0.25, -0.2) is 8.78 Å². The molecule has 0 saturated carbocycles. The highest BCUT2D eigenvalue weighted by molar-refractivity contribution is 5.19. The van der Waals surface area contributed by atoms with Gasteiger partial charge in [-0.05, 0) is 26.0 Å². The number of benzene rings is 1. The third-order valence-electron chi connectivity index (χ3n) is 3.52. The van der Waals surface area contributed by atoms with Crippen LogP contribution in [0.5, 0.6) is 0 Å². The Kier molecular flexibility index (Phi) is 4.73.